The molecule has 0 fully saturated rings. The Morgan fingerprint density at radius 2 is 2.21 bits per heavy atom. The molecule has 1 heterocycles. The van der Waals surface area contributed by atoms with Gasteiger partial charge in [-0.2, -0.15) is 5.10 Å². The maximum Gasteiger partial charge on any atom is 0.0771 e. The third kappa shape index (κ3) is 2.33. The minimum atomic E-state index is -0.0815. The van der Waals surface area contributed by atoms with E-state index in [1.54, 1.807) is 0 Å². The van der Waals surface area contributed by atoms with Crippen LogP contribution in [-0.4, -0.2) is 16.4 Å². The monoisotopic (exact) mass is 197 g/mol. The molecule has 14 heavy (non-hydrogen) atoms. The predicted octanol–water partition coefficient (Wildman–Crippen LogP) is 1.63. The Morgan fingerprint density at radius 1 is 1.57 bits per heavy atom. The lowest BCUT2D eigenvalue weighted by molar-refractivity contribution is 0.0964. The van der Waals surface area contributed by atoms with Crippen LogP contribution in [0.3, 0.4) is 0 Å². The second-order valence-corrected chi connectivity index (χ2v) is 4.50. The maximum absolute atomic E-state index is 5.09. The fourth-order valence-corrected chi connectivity index (χ4v) is 1.26. The van der Waals surface area contributed by atoms with Gasteiger partial charge >= 0.3 is 0 Å². The molecule has 0 atom stereocenters. The summed E-state index contributed by atoms with van der Waals surface area (Å²) in [7, 11) is 0. The predicted molar refractivity (Wildman–Crippen MR) is 55.8 cm³/mol. The summed E-state index contributed by atoms with van der Waals surface area (Å²) in [4.78, 5) is 4.69. The minimum absolute atomic E-state index is 0.0815. The number of nitrogens with zero attached hydrogens (tertiary/aromatic N) is 2. The summed E-state index contributed by atoms with van der Waals surface area (Å²) in [5, 5.41) is 4.28. The highest BCUT2D eigenvalue weighted by molar-refractivity contribution is 5.17. The lowest BCUT2D eigenvalue weighted by Gasteiger charge is -2.21. The van der Waals surface area contributed by atoms with Crippen LogP contribution in [0.2, 0.25) is 0 Å². The van der Waals surface area contributed by atoms with E-state index in [1.807, 2.05) is 17.1 Å². The highest BCUT2D eigenvalue weighted by atomic mass is 16.6. The average molecular weight is 197 g/mol. The first-order valence-corrected chi connectivity index (χ1v) is 4.83. The second kappa shape index (κ2) is 4.11. The first-order chi connectivity index (χ1) is 6.47. The molecule has 0 aliphatic rings. The molecule has 0 amide bonds. The van der Waals surface area contributed by atoms with Crippen molar-refractivity contribution in [2.24, 2.45) is 5.90 Å². The van der Waals surface area contributed by atoms with E-state index in [-0.39, 0.29) is 5.41 Å². The molecule has 1 aromatic heterocycles. The standard InChI is InChI=1S/C10H19N3O/c1-8(2)13-6-9(5-12-13)10(3,4)7-14-11/h5-6,8H,7,11H2,1-4H3. The van der Waals surface area contributed by atoms with Crippen molar-refractivity contribution in [2.45, 2.75) is 39.2 Å². The summed E-state index contributed by atoms with van der Waals surface area (Å²) in [6.07, 6.45) is 3.92. The molecular weight excluding hydrogens is 178 g/mol. The summed E-state index contributed by atoms with van der Waals surface area (Å²) >= 11 is 0. The van der Waals surface area contributed by atoms with E-state index in [2.05, 4.69) is 32.8 Å². The zero-order valence-electron chi connectivity index (χ0n) is 9.32. The van der Waals surface area contributed by atoms with Crippen LogP contribution in [0.25, 0.3) is 0 Å². The Bertz CT molecular complexity index is 291. The largest absolute Gasteiger partial charge is 0.304 e. The van der Waals surface area contributed by atoms with Crippen LogP contribution >= 0.6 is 0 Å². The van der Waals surface area contributed by atoms with E-state index >= 15 is 0 Å². The van der Waals surface area contributed by atoms with Gasteiger partial charge in [0.15, 0.2) is 0 Å². The summed E-state index contributed by atoms with van der Waals surface area (Å²) in [5.74, 6) is 5.09. The van der Waals surface area contributed by atoms with E-state index in [0.717, 1.165) is 5.56 Å². The van der Waals surface area contributed by atoms with Gasteiger partial charge in [0.1, 0.15) is 0 Å². The fraction of sp³-hybridized carbons (Fsp3) is 0.700. The Kier molecular flexibility index (Phi) is 3.29. The Labute approximate surface area is 85.0 Å². The Morgan fingerprint density at radius 3 is 2.64 bits per heavy atom. The SMILES string of the molecule is CC(C)n1cc(C(C)(C)CON)cn1. The average Bonchev–Trinajstić information content (AvgIpc) is 2.51. The van der Waals surface area contributed by atoms with Gasteiger partial charge in [0.2, 0.25) is 0 Å². The third-order valence-electron chi connectivity index (χ3n) is 2.36. The van der Waals surface area contributed by atoms with E-state index in [1.165, 1.54) is 0 Å². The van der Waals surface area contributed by atoms with Crippen molar-refractivity contribution >= 4 is 0 Å². The lowest BCUT2D eigenvalue weighted by Crippen LogP contribution is -2.25. The molecule has 0 radical (unpaired) electrons. The molecule has 0 bridgehead atoms. The van der Waals surface area contributed by atoms with Gasteiger partial charge in [-0.1, -0.05) is 13.8 Å². The van der Waals surface area contributed by atoms with Gasteiger partial charge in [-0.25, -0.2) is 5.90 Å². The van der Waals surface area contributed by atoms with Crippen molar-refractivity contribution in [3.05, 3.63) is 18.0 Å². The third-order valence-corrected chi connectivity index (χ3v) is 2.36. The van der Waals surface area contributed by atoms with Gasteiger partial charge in [-0.3, -0.25) is 4.68 Å². The molecule has 0 saturated heterocycles. The van der Waals surface area contributed by atoms with Crippen LogP contribution in [0.15, 0.2) is 12.4 Å². The topological polar surface area (TPSA) is 53.1 Å². The quantitative estimate of drug-likeness (QED) is 0.746. The number of hydrogen-bond donors (Lipinski definition) is 1. The van der Waals surface area contributed by atoms with Crippen LogP contribution in [0.5, 0.6) is 0 Å². The van der Waals surface area contributed by atoms with Crippen LogP contribution in [0.1, 0.15) is 39.3 Å². The highest BCUT2D eigenvalue weighted by Gasteiger charge is 2.22. The number of aromatic nitrogens is 2. The molecule has 2 N–H and O–H groups in total. The minimum Gasteiger partial charge on any atom is -0.304 e. The van der Waals surface area contributed by atoms with Gasteiger partial charge in [0.05, 0.1) is 12.8 Å². The molecule has 0 spiro atoms. The van der Waals surface area contributed by atoms with Crippen molar-refractivity contribution in [3.8, 4) is 0 Å². The van der Waals surface area contributed by atoms with Crippen molar-refractivity contribution in [2.75, 3.05) is 6.61 Å². The number of hydrogen-bond acceptors (Lipinski definition) is 3. The Hall–Kier alpha value is -0.870. The molecular formula is C10H19N3O. The van der Waals surface area contributed by atoms with Crippen molar-refractivity contribution in [1.82, 2.24) is 9.78 Å². The van der Waals surface area contributed by atoms with Gasteiger partial charge < -0.3 is 4.84 Å². The van der Waals surface area contributed by atoms with Gasteiger partial charge in [-0.05, 0) is 19.4 Å². The van der Waals surface area contributed by atoms with Crippen molar-refractivity contribution in [1.29, 1.82) is 0 Å². The highest BCUT2D eigenvalue weighted by Crippen LogP contribution is 2.23. The van der Waals surface area contributed by atoms with Gasteiger partial charge in [-0.15, -0.1) is 0 Å². The summed E-state index contributed by atoms with van der Waals surface area (Å²) in [5.41, 5.74) is 1.07. The molecule has 4 nitrogen and oxygen atoms in total. The fourth-order valence-electron chi connectivity index (χ4n) is 1.26. The van der Waals surface area contributed by atoms with Crippen molar-refractivity contribution < 1.29 is 4.84 Å². The Balaban J connectivity index is 2.85. The van der Waals surface area contributed by atoms with Crippen molar-refractivity contribution in [3.63, 3.8) is 0 Å². The molecule has 0 aliphatic carbocycles. The summed E-state index contributed by atoms with van der Waals surface area (Å²) in [6.45, 7) is 8.87. The van der Waals surface area contributed by atoms with Crippen LogP contribution < -0.4 is 5.90 Å². The zero-order chi connectivity index (χ0) is 10.8. The van der Waals surface area contributed by atoms with Gasteiger partial charge in [0, 0.05) is 17.7 Å². The second-order valence-electron chi connectivity index (χ2n) is 4.50. The molecule has 80 valence electrons. The van der Waals surface area contributed by atoms with E-state index in [9.17, 15) is 0 Å². The zero-order valence-corrected chi connectivity index (χ0v) is 9.32. The van der Waals surface area contributed by atoms with E-state index < -0.39 is 0 Å². The van der Waals surface area contributed by atoms with E-state index in [4.69, 9.17) is 10.7 Å². The van der Waals surface area contributed by atoms with Crippen LogP contribution in [0.4, 0.5) is 0 Å². The summed E-state index contributed by atoms with van der Waals surface area (Å²) < 4.78 is 1.94. The van der Waals surface area contributed by atoms with Gasteiger partial charge in [0.25, 0.3) is 0 Å². The normalized spacial score (nSPS) is 12.4. The van der Waals surface area contributed by atoms with Crippen LogP contribution in [0, 0.1) is 0 Å². The van der Waals surface area contributed by atoms with Crippen LogP contribution in [-0.2, 0) is 10.3 Å². The molecule has 0 saturated carbocycles. The molecule has 1 aromatic rings. The first-order valence-electron chi connectivity index (χ1n) is 4.83. The molecule has 4 heteroatoms. The first kappa shape index (κ1) is 11.2. The summed E-state index contributed by atoms with van der Waals surface area (Å²) in [6, 6.07) is 0.387. The van der Waals surface area contributed by atoms with E-state index in [0.29, 0.717) is 12.6 Å². The molecule has 0 unspecified atom stereocenters. The lowest BCUT2D eigenvalue weighted by atomic mass is 9.88. The number of nitrogens with two attached hydrogens (primary N) is 1. The molecule has 0 aromatic carbocycles. The smallest absolute Gasteiger partial charge is 0.0771 e. The molecule has 1 rings (SSSR count). The number of rotatable bonds is 4. The maximum atomic E-state index is 5.09. The molecule has 0 aliphatic heterocycles.